The first-order valence-corrected chi connectivity index (χ1v) is 6.54. The highest BCUT2D eigenvalue weighted by Crippen LogP contribution is 2.30. The van der Waals surface area contributed by atoms with Crippen molar-refractivity contribution in [3.8, 4) is 0 Å². The van der Waals surface area contributed by atoms with Gasteiger partial charge in [0.1, 0.15) is 5.82 Å². The van der Waals surface area contributed by atoms with Gasteiger partial charge >= 0.3 is 0 Å². The first-order chi connectivity index (χ1) is 8.22. The molecule has 1 N–H and O–H groups in total. The summed E-state index contributed by atoms with van der Waals surface area (Å²) in [7, 11) is 2.09. The minimum atomic E-state index is 0.101. The van der Waals surface area contributed by atoms with Gasteiger partial charge in [0.25, 0.3) is 0 Å². The molecule has 2 rings (SSSR count). The summed E-state index contributed by atoms with van der Waals surface area (Å²) in [6, 6.07) is 4.01. The van der Waals surface area contributed by atoms with Crippen LogP contribution in [-0.2, 0) is 13.0 Å². The lowest BCUT2D eigenvalue weighted by atomic mass is 10.1. The summed E-state index contributed by atoms with van der Waals surface area (Å²) in [5.74, 6) is 1.86. The second-order valence-corrected chi connectivity index (χ2v) is 5.06. The summed E-state index contributed by atoms with van der Waals surface area (Å²) >= 11 is 0. The van der Waals surface area contributed by atoms with Crippen molar-refractivity contribution >= 4 is 5.82 Å². The molecule has 0 saturated heterocycles. The third-order valence-electron chi connectivity index (χ3n) is 3.23. The van der Waals surface area contributed by atoms with E-state index >= 15 is 0 Å². The Morgan fingerprint density at radius 1 is 1.41 bits per heavy atom. The van der Waals surface area contributed by atoms with Crippen LogP contribution in [0.3, 0.4) is 0 Å². The Morgan fingerprint density at radius 3 is 2.76 bits per heavy atom. The van der Waals surface area contributed by atoms with E-state index in [0.29, 0.717) is 0 Å². The predicted molar refractivity (Wildman–Crippen MR) is 70.1 cm³/mol. The number of aryl methyl sites for hydroxylation is 1. The molecule has 17 heavy (non-hydrogen) atoms. The molecule has 1 saturated carbocycles. The van der Waals surface area contributed by atoms with Crippen LogP contribution >= 0.6 is 0 Å². The summed E-state index contributed by atoms with van der Waals surface area (Å²) in [6.07, 6.45) is 4.78. The minimum absolute atomic E-state index is 0.101. The molecule has 1 aliphatic carbocycles. The van der Waals surface area contributed by atoms with E-state index in [0.717, 1.165) is 42.4 Å². The summed E-state index contributed by atoms with van der Waals surface area (Å²) < 4.78 is 0. The van der Waals surface area contributed by atoms with Gasteiger partial charge in [0, 0.05) is 19.3 Å². The van der Waals surface area contributed by atoms with Crippen LogP contribution in [0.4, 0.5) is 5.82 Å². The maximum atomic E-state index is 9.28. The van der Waals surface area contributed by atoms with Crippen molar-refractivity contribution in [2.75, 3.05) is 18.5 Å². The van der Waals surface area contributed by atoms with Gasteiger partial charge in [-0.25, -0.2) is 4.98 Å². The van der Waals surface area contributed by atoms with E-state index in [2.05, 4.69) is 23.9 Å². The van der Waals surface area contributed by atoms with Crippen LogP contribution in [0, 0.1) is 5.92 Å². The summed E-state index contributed by atoms with van der Waals surface area (Å²) in [5, 5.41) is 9.28. The lowest BCUT2D eigenvalue weighted by Crippen LogP contribution is -2.21. The Balaban J connectivity index is 2.14. The Bertz CT molecular complexity index is 374. The second-order valence-electron chi connectivity index (χ2n) is 5.06. The molecule has 1 aliphatic rings. The Morgan fingerprint density at radius 2 is 2.18 bits per heavy atom. The van der Waals surface area contributed by atoms with E-state index in [1.807, 2.05) is 12.1 Å². The molecule has 1 aromatic heterocycles. The SMILES string of the molecule is CCCc1cc(CO)cc(N(C)CC2CC2)n1. The van der Waals surface area contributed by atoms with Crippen LogP contribution in [0.25, 0.3) is 0 Å². The lowest BCUT2D eigenvalue weighted by Gasteiger charge is -2.19. The number of nitrogens with zero attached hydrogens (tertiary/aromatic N) is 2. The Kier molecular flexibility index (Phi) is 4.00. The maximum absolute atomic E-state index is 9.28. The third kappa shape index (κ3) is 3.43. The normalized spacial score (nSPS) is 15.0. The van der Waals surface area contributed by atoms with Crippen LogP contribution in [0.15, 0.2) is 12.1 Å². The molecule has 0 atom stereocenters. The lowest BCUT2D eigenvalue weighted by molar-refractivity contribution is 0.281. The maximum Gasteiger partial charge on any atom is 0.128 e. The molecule has 0 bridgehead atoms. The highest BCUT2D eigenvalue weighted by Gasteiger charge is 2.23. The average molecular weight is 234 g/mol. The van der Waals surface area contributed by atoms with Crippen molar-refractivity contribution in [2.24, 2.45) is 5.92 Å². The molecule has 0 amide bonds. The van der Waals surface area contributed by atoms with E-state index < -0.39 is 0 Å². The Hall–Kier alpha value is -1.09. The highest BCUT2D eigenvalue weighted by atomic mass is 16.3. The summed E-state index contributed by atoms with van der Waals surface area (Å²) in [4.78, 5) is 6.88. The second kappa shape index (κ2) is 5.50. The van der Waals surface area contributed by atoms with Gasteiger partial charge in [0.15, 0.2) is 0 Å². The number of aromatic nitrogens is 1. The highest BCUT2D eigenvalue weighted by molar-refractivity contribution is 5.42. The molecule has 1 fully saturated rings. The smallest absolute Gasteiger partial charge is 0.128 e. The Labute approximate surface area is 103 Å². The van der Waals surface area contributed by atoms with Crippen molar-refractivity contribution < 1.29 is 5.11 Å². The molecule has 3 nitrogen and oxygen atoms in total. The van der Waals surface area contributed by atoms with E-state index in [4.69, 9.17) is 0 Å². The monoisotopic (exact) mass is 234 g/mol. The molecule has 0 spiro atoms. The first-order valence-electron chi connectivity index (χ1n) is 6.54. The van der Waals surface area contributed by atoms with Crippen LogP contribution in [0.5, 0.6) is 0 Å². The van der Waals surface area contributed by atoms with Gasteiger partial charge < -0.3 is 10.0 Å². The van der Waals surface area contributed by atoms with Gasteiger partial charge in [0.05, 0.1) is 6.61 Å². The third-order valence-corrected chi connectivity index (χ3v) is 3.23. The summed E-state index contributed by atoms with van der Waals surface area (Å²) in [6.45, 7) is 3.35. The fourth-order valence-corrected chi connectivity index (χ4v) is 2.09. The van der Waals surface area contributed by atoms with E-state index in [9.17, 15) is 5.11 Å². The fourth-order valence-electron chi connectivity index (χ4n) is 2.09. The van der Waals surface area contributed by atoms with Gasteiger partial charge in [-0.2, -0.15) is 0 Å². The summed E-state index contributed by atoms with van der Waals surface area (Å²) in [5.41, 5.74) is 2.07. The van der Waals surface area contributed by atoms with Crippen molar-refractivity contribution in [3.05, 3.63) is 23.4 Å². The largest absolute Gasteiger partial charge is 0.392 e. The van der Waals surface area contributed by atoms with E-state index in [-0.39, 0.29) is 6.61 Å². The average Bonchev–Trinajstić information content (AvgIpc) is 3.13. The van der Waals surface area contributed by atoms with Gasteiger partial charge in [-0.3, -0.25) is 0 Å². The van der Waals surface area contributed by atoms with E-state index in [1.54, 1.807) is 0 Å². The number of anilines is 1. The zero-order valence-corrected chi connectivity index (χ0v) is 10.8. The fraction of sp³-hybridized carbons (Fsp3) is 0.643. The zero-order chi connectivity index (χ0) is 12.3. The molecule has 1 aromatic rings. The van der Waals surface area contributed by atoms with Gasteiger partial charge in [-0.05, 0) is 42.9 Å². The van der Waals surface area contributed by atoms with Crippen molar-refractivity contribution in [1.82, 2.24) is 4.98 Å². The molecule has 0 radical (unpaired) electrons. The van der Waals surface area contributed by atoms with Crippen molar-refractivity contribution in [2.45, 2.75) is 39.2 Å². The van der Waals surface area contributed by atoms with Crippen molar-refractivity contribution in [1.29, 1.82) is 0 Å². The zero-order valence-electron chi connectivity index (χ0n) is 10.8. The number of aliphatic hydroxyl groups excluding tert-OH is 1. The standard InChI is InChI=1S/C14H22N2O/c1-3-4-13-7-12(10-17)8-14(15-13)16(2)9-11-5-6-11/h7-8,11,17H,3-6,9-10H2,1-2H3. The topological polar surface area (TPSA) is 36.4 Å². The number of aliphatic hydroxyl groups is 1. The van der Waals surface area contributed by atoms with Gasteiger partial charge in [0.2, 0.25) is 0 Å². The molecular formula is C14H22N2O. The number of hydrogen-bond donors (Lipinski definition) is 1. The molecule has 0 aromatic carbocycles. The quantitative estimate of drug-likeness (QED) is 0.821. The molecule has 3 heteroatoms. The molecule has 94 valence electrons. The number of hydrogen-bond acceptors (Lipinski definition) is 3. The van der Waals surface area contributed by atoms with E-state index in [1.165, 1.54) is 12.8 Å². The predicted octanol–water partition coefficient (Wildman–Crippen LogP) is 2.37. The van der Waals surface area contributed by atoms with Crippen LogP contribution in [0.1, 0.15) is 37.4 Å². The van der Waals surface area contributed by atoms with Gasteiger partial charge in [-0.15, -0.1) is 0 Å². The van der Waals surface area contributed by atoms with Crippen molar-refractivity contribution in [3.63, 3.8) is 0 Å². The minimum Gasteiger partial charge on any atom is -0.392 e. The first kappa shape index (κ1) is 12.4. The molecule has 0 aliphatic heterocycles. The molecule has 0 unspecified atom stereocenters. The van der Waals surface area contributed by atoms with Crippen LogP contribution in [-0.4, -0.2) is 23.7 Å². The molecule has 1 heterocycles. The van der Waals surface area contributed by atoms with Crippen LogP contribution in [0.2, 0.25) is 0 Å². The number of rotatable bonds is 6. The number of pyridine rings is 1. The van der Waals surface area contributed by atoms with Crippen LogP contribution < -0.4 is 4.90 Å². The molecular weight excluding hydrogens is 212 g/mol. The van der Waals surface area contributed by atoms with Gasteiger partial charge in [-0.1, -0.05) is 13.3 Å².